The molecule has 1 amide bonds. The highest BCUT2D eigenvalue weighted by Crippen LogP contribution is 2.45. The Kier molecular flexibility index (Phi) is 10.8. The van der Waals surface area contributed by atoms with Gasteiger partial charge >= 0.3 is 11.4 Å². The highest BCUT2D eigenvalue weighted by molar-refractivity contribution is 7.87. The highest BCUT2D eigenvalue weighted by atomic mass is 32.2. The first-order valence-electron chi connectivity index (χ1n) is 21.9. The quantitative estimate of drug-likeness (QED) is 0.158. The van der Waals surface area contributed by atoms with Gasteiger partial charge in [0.25, 0.3) is 5.91 Å². The average molecular weight is 888 g/mol. The molecule has 6 heterocycles. The van der Waals surface area contributed by atoms with E-state index >= 15 is 0 Å². The Balaban J connectivity index is 0.000000425. The molecule has 332 valence electrons. The molecule has 4 aliphatic rings. The lowest BCUT2D eigenvalue weighted by atomic mass is 9.91. The molecule has 4 aromatic heterocycles. The maximum Gasteiger partial charge on any atom is 0.438 e. The number of imidazole rings is 1. The number of halogens is 1. The second kappa shape index (κ2) is 16.7. The van der Waals surface area contributed by atoms with E-state index in [4.69, 9.17) is 9.84 Å². The second-order valence-electron chi connectivity index (χ2n) is 17.6. The van der Waals surface area contributed by atoms with Gasteiger partial charge in [-0.1, -0.05) is 18.1 Å². The summed E-state index contributed by atoms with van der Waals surface area (Å²) in [5, 5.41) is 9.81. The molecule has 0 bridgehead atoms. The van der Waals surface area contributed by atoms with Gasteiger partial charge in [0, 0.05) is 73.7 Å². The fraction of sp³-hybridized carbons (Fsp3) is 0.383. The van der Waals surface area contributed by atoms with Gasteiger partial charge in [0.1, 0.15) is 28.3 Å². The number of aryl methyl sites for hydroxylation is 3. The molecule has 3 atom stereocenters. The van der Waals surface area contributed by atoms with Crippen LogP contribution in [0.1, 0.15) is 95.1 Å². The number of carbonyl (C=O) groups excluding carboxylic acids is 1. The summed E-state index contributed by atoms with van der Waals surface area (Å²) in [6, 6.07) is 19.2. The summed E-state index contributed by atoms with van der Waals surface area (Å²) in [6.07, 6.45) is 8.92. The predicted octanol–water partition coefficient (Wildman–Crippen LogP) is 6.88. The number of aromatic amines is 1. The minimum atomic E-state index is -1.13. The molecule has 17 heteroatoms. The van der Waals surface area contributed by atoms with Gasteiger partial charge in [0.2, 0.25) is 0 Å². The van der Waals surface area contributed by atoms with Crippen molar-refractivity contribution >= 4 is 33.5 Å². The van der Waals surface area contributed by atoms with Crippen molar-refractivity contribution in [3.63, 3.8) is 0 Å². The number of nitrogens with one attached hydrogen (secondary N) is 2. The first-order valence-corrected chi connectivity index (χ1v) is 23.1. The summed E-state index contributed by atoms with van der Waals surface area (Å²) in [5.41, 5.74) is 7.02. The summed E-state index contributed by atoms with van der Waals surface area (Å²) >= 11 is 0. The van der Waals surface area contributed by atoms with Crippen LogP contribution >= 0.6 is 0 Å². The molecule has 0 spiro atoms. The minimum Gasteiger partial charge on any atom is -0.381 e. The molecule has 1 saturated heterocycles. The zero-order valence-corrected chi connectivity index (χ0v) is 37.0. The van der Waals surface area contributed by atoms with Gasteiger partial charge in [-0.05, 0) is 129 Å². The van der Waals surface area contributed by atoms with E-state index in [0.717, 1.165) is 73.2 Å². The van der Waals surface area contributed by atoms with Gasteiger partial charge in [-0.2, -0.15) is 5.10 Å². The molecular formula is C47H50FN9O6S. The Hall–Kier alpha value is -6.33. The van der Waals surface area contributed by atoms with Crippen LogP contribution in [0.4, 0.5) is 10.1 Å². The number of hydrogen-bond donors (Lipinski definition) is 2. The van der Waals surface area contributed by atoms with E-state index in [0.29, 0.717) is 70.6 Å². The Morgan fingerprint density at radius 3 is 2.33 bits per heavy atom. The van der Waals surface area contributed by atoms with Crippen molar-refractivity contribution < 1.29 is 22.7 Å². The lowest BCUT2D eigenvalue weighted by molar-refractivity contribution is 0.0725. The fourth-order valence-electron chi connectivity index (χ4n) is 9.04. The molecule has 2 saturated carbocycles. The molecular weight excluding hydrogens is 838 g/mol. The van der Waals surface area contributed by atoms with Crippen molar-refractivity contribution in [2.45, 2.75) is 82.9 Å². The Bertz CT molecular complexity index is 3030. The molecule has 3 aromatic carbocycles. The van der Waals surface area contributed by atoms with E-state index < -0.39 is 16.7 Å². The highest BCUT2D eigenvalue weighted by Gasteiger charge is 2.37. The Morgan fingerprint density at radius 2 is 1.66 bits per heavy atom. The molecule has 2 aliphatic heterocycles. The number of benzene rings is 3. The minimum absolute atomic E-state index is 0.0969. The number of amides is 1. The van der Waals surface area contributed by atoms with E-state index in [1.165, 1.54) is 5.56 Å². The number of ether oxygens (including phenoxy) is 1. The van der Waals surface area contributed by atoms with E-state index in [1.54, 1.807) is 52.2 Å². The Labute approximate surface area is 370 Å². The number of nitrogens with zero attached hydrogens (tertiary/aromatic N) is 7. The van der Waals surface area contributed by atoms with Gasteiger partial charge in [0.05, 0.1) is 28.9 Å². The van der Waals surface area contributed by atoms with Gasteiger partial charge in [-0.3, -0.25) is 23.4 Å². The lowest BCUT2D eigenvalue weighted by Gasteiger charge is -2.27. The van der Waals surface area contributed by atoms with Crippen LogP contribution in [0, 0.1) is 25.6 Å². The molecule has 2 aliphatic carbocycles. The average Bonchev–Trinajstić information content (AvgIpc) is 4.11. The first-order chi connectivity index (χ1) is 30.9. The summed E-state index contributed by atoms with van der Waals surface area (Å²) in [7, 11) is 0.803. The van der Waals surface area contributed by atoms with Gasteiger partial charge < -0.3 is 18.9 Å². The zero-order chi connectivity index (χ0) is 44.4. The number of fused-ring (bicyclic) bond motifs is 2. The summed E-state index contributed by atoms with van der Waals surface area (Å²) in [6.45, 7) is 7.79. The van der Waals surface area contributed by atoms with Crippen LogP contribution in [0.15, 0.2) is 87.2 Å². The predicted molar refractivity (Wildman–Crippen MR) is 241 cm³/mol. The molecule has 7 aromatic rings. The molecule has 15 nitrogen and oxygen atoms in total. The largest absolute Gasteiger partial charge is 0.438 e. The van der Waals surface area contributed by atoms with Crippen molar-refractivity contribution in [1.29, 1.82) is 0 Å². The smallest absolute Gasteiger partial charge is 0.381 e. The molecule has 0 radical (unpaired) electrons. The van der Waals surface area contributed by atoms with Crippen LogP contribution in [0.2, 0.25) is 0 Å². The zero-order valence-electron chi connectivity index (χ0n) is 36.2. The van der Waals surface area contributed by atoms with Crippen LogP contribution in [-0.4, -0.2) is 73.6 Å². The number of H-pyrrole nitrogens is 1. The monoisotopic (exact) mass is 887 g/mol. The Morgan fingerprint density at radius 1 is 0.938 bits per heavy atom. The molecule has 3 fully saturated rings. The van der Waals surface area contributed by atoms with Gasteiger partial charge in [0.15, 0.2) is 5.82 Å². The van der Waals surface area contributed by atoms with Crippen molar-refractivity contribution in [3.8, 4) is 17.2 Å². The van der Waals surface area contributed by atoms with Crippen molar-refractivity contribution in [2.75, 3.05) is 24.5 Å². The first kappa shape index (κ1) is 41.7. The van der Waals surface area contributed by atoms with E-state index in [-0.39, 0.29) is 29.2 Å². The summed E-state index contributed by atoms with van der Waals surface area (Å²) in [5.74, 6) is 1.92. The van der Waals surface area contributed by atoms with Gasteiger partial charge in [-0.25, -0.2) is 22.9 Å². The summed E-state index contributed by atoms with van der Waals surface area (Å²) < 4.78 is 47.0. The van der Waals surface area contributed by atoms with Crippen LogP contribution in [-0.2, 0) is 35.7 Å². The van der Waals surface area contributed by atoms with Crippen LogP contribution in [0.25, 0.3) is 28.1 Å². The number of rotatable bonds is 9. The summed E-state index contributed by atoms with van der Waals surface area (Å²) in [4.78, 5) is 43.4. The SMILES string of the molecule is CC1CC1c1noc(=O)[nH]1.Cc1cc(-n2nc3c(c2-n2ccn(-c4ccc(NS(=O)C5CC5)cc4)c2=O)CN(C(=O)c2cc4cc(C5CCOCC5)ccc4n2C)CC3)cc(C)c1F. The normalized spacial score (nSPS) is 19.0. The van der Waals surface area contributed by atoms with E-state index in [9.17, 15) is 23.0 Å². The van der Waals surface area contributed by atoms with Gasteiger partial charge in [-0.15, -0.1) is 0 Å². The number of anilines is 1. The van der Waals surface area contributed by atoms with E-state index in [1.807, 2.05) is 46.8 Å². The topological polar surface area (TPSA) is 167 Å². The number of carbonyl (C=O) groups is 1. The van der Waals surface area contributed by atoms with Crippen molar-refractivity contribution in [3.05, 3.63) is 139 Å². The molecule has 2 N–H and O–H groups in total. The number of hydrogen-bond acceptors (Lipinski definition) is 8. The maximum atomic E-state index is 14.8. The van der Waals surface area contributed by atoms with Crippen LogP contribution in [0.5, 0.6) is 0 Å². The van der Waals surface area contributed by atoms with Crippen molar-refractivity contribution in [1.82, 2.24) is 38.5 Å². The van der Waals surface area contributed by atoms with E-state index in [2.05, 4.69) is 44.5 Å². The standard InChI is InChI=1S/C41H42FN7O4S.C6H8N2O2/c1-25-20-32(21-26(2)38(25)42)49-39(48-17-16-47(41(48)51)31-7-5-30(6-8-31)44-54(52)33-9-10-33)34-24-46(15-12-35(34)43-49)40(50)37-23-29-22-28(4-11-36(29)45(37)3)27-13-18-53-19-14-27;1-3-2-4(3)5-7-6(9)10-8-5/h4-8,11,16-17,20-23,27,33,44H,9-10,12-15,18-19,24H2,1-3H3;3-4H,2H2,1H3,(H,7,8,9). The molecule has 3 unspecified atom stereocenters. The van der Waals surface area contributed by atoms with Crippen LogP contribution < -0.4 is 16.2 Å². The third-order valence-electron chi connectivity index (χ3n) is 13.1. The second-order valence-corrected chi connectivity index (χ2v) is 19.1. The number of aromatic nitrogens is 7. The lowest BCUT2D eigenvalue weighted by Crippen LogP contribution is -2.37. The van der Waals surface area contributed by atoms with Crippen molar-refractivity contribution in [2.24, 2.45) is 13.0 Å². The maximum absolute atomic E-state index is 14.8. The van der Waals surface area contributed by atoms with Crippen LogP contribution in [0.3, 0.4) is 0 Å². The fourth-order valence-corrected chi connectivity index (χ4v) is 10.1. The molecule has 11 rings (SSSR count). The molecule has 64 heavy (non-hydrogen) atoms. The third-order valence-corrected chi connectivity index (χ3v) is 14.6. The third kappa shape index (κ3) is 7.95.